The van der Waals surface area contributed by atoms with Crippen molar-refractivity contribution in [2.75, 3.05) is 7.11 Å². The van der Waals surface area contributed by atoms with E-state index in [1.165, 1.54) is 12.1 Å². The van der Waals surface area contributed by atoms with E-state index in [4.69, 9.17) is 21.1 Å². The molecule has 0 aliphatic rings. The zero-order chi connectivity index (χ0) is 14.5. The Morgan fingerprint density at radius 1 is 1.20 bits per heavy atom. The van der Waals surface area contributed by atoms with E-state index >= 15 is 0 Å². The van der Waals surface area contributed by atoms with Gasteiger partial charge in [-0.15, -0.1) is 0 Å². The molecular weight excluding hydrogens is 283 g/mol. The Bertz CT molecular complexity index is 611. The fraction of sp³-hybridized carbons (Fsp3) is 0.133. The van der Waals surface area contributed by atoms with Crippen molar-refractivity contribution in [3.63, 3.8) is 0 Å². The first kappa shape index (κ1) is 14.3. The number of methoxy groups -OCH3 is 1. The molecule has 0 aromatic heterocycles. The van der Waals surface area contributed by atoms with E-state index in [0.717, 1.165) is 11.6 Å². The summed E-state index contributed by atoms with van der Waals surface area (Å²) in [4.78, 5) is 11.8. The Kier molecular flexibility index (Phi) is 4.58. The normalized spacial score (nSPS) is 10.2. The Balaban J connectivity index is 2.02. The molecule has 0 N–H and O–H groups in total. The quantitative estimate of drug-likeness (QED) is 0.804. The summed E-state index contributed by atoms with van der Waals surface area (Å²) in [6.45, 7) is 0.0504. The summed E-state index contributed by atoms with van der Waals surface area (Å²) in [6.07, 6.45) is 0. The Labute approximate surface area is 120 Å². The lowest BCUT2D eigenvalue weighted by molar-refractivity contribution is 0.0467. The van der Waals surface area contributed by atoms with E-state index in [-0.39, 0.29) is 17.2 Å². The molecule has 0 radical (unpaired) electrons. The molecule has 0 saturated carbocycles. The van der Waals surface area contributed by atoms with Gasteiger partial charge in [0.1, 0.15) is 18.2 Å². The zero-order valence-electron chi connectivity index (χ0n) is 10.7. The van der Waals surface area contributed by atoms with Crippen LogP contribution in [0.25, 0.3) is 0 Å². The predicted octanol–water partition coefficient (Wildman–Crippen LogP) is 3.84. The van der Waals surface area contributed by atoms with Crippen LogP contribution in [0.1, 0.15) is 15.9 Å². The minimum atomic E-state index is -0.749. The van der Waals surface area contributed by atoms with Crippen LogP contribution in [0.2, 0.25) is 5.02 Å². The van der Waals surface area contributed by atoms with Gasteiger partial charge in [0.2, 0.25) is 0 Å². The fourth-order valence-electron chi connectivity index (χ4n) is 1.60. The third-order valence-corrected chi connectivity index (χ3v) is 2.91. The summed E-state index contributed by atoms with van der Waals surface area (Å²) < 4.78 is 23.5. The minimum Gasteiger partial charge on any atom is -0.497 e. The number of benzene rings is 2. The first-order chi connectivity index (χ1) is 9.60. The maximum atomic E-state index is 13.5. The van der Waals surface area contributed by atoms with Gasteiger partial charge in [-0.3, -0.25) is 0 Å². The average molecular weight is 295 g/mol. The second-order valence-corrected chi connectivity index (χ2v) is 4.48. The molecule has 2 rings (SSSR count). The van der Waals surface area contributed by atoms with Gasteiger partial charge in [0, 0.05) is 5.02 Å². The van der Waals surface area contributed by atoms with Crippen molar-refractivity contribution in [3.8, 4) is 5.75 Å². The molecule has 0 bridgehead atoms. The van der Waals surface area contributed by atoms with Crippen LogP contribution in [-0.4, -0.2) is 13.1 Å². The summed E-state index contributed by atoms with van der Waals surface area (Å²) in [7, 11) is 1.57. The average Bonchev–Trinajstić information content (AvgIpc) is 2.47. The number of esters is 1. The molecule has 0 atom stereocenters. The third-order valence-electron chi connectivity index (χ3n) is 2.68. The highest BCUT2D eigenvalue weighted by molar-refractivity contribution is 6.30. The van der Waals surface area contributed by atoms with E-state index < -0.39 is 11.8 Å². The van der Waals surface area contributed by atoms with Crippen molar-refractivity contribution in [1.29, 1.82) is 0 Å². The van der Waals surface area contributed by atoms with Gasteiger partial charge in [-0.1, -0.05) is 23.7 Å². The number of ether oxygens (including phenoxy) is 2. The van der Waals surface area contributed by atoms with Crippen LogP contribution in [-0.2, 0) is 11.3 Å². The molecule has 0 fully saturated rings. The maximum absolute atomic E-state index is 13.5. The molecule has 2 aromatic rings. The minimum absolute atomic E-state index is 0.0504. The van der Waals surface area contributed by atoms with Crippen LogP contribution in [0.3, 0.4) is 0 Å². The van der Waals surface area contributed by atoms with Crippen LogP contribution in [0.5, 0.6) is 5.75 Å². The van der Waals surface area contributed by atoms with Crippen molar-refractivity contribution in [1.82, 2.24) is 0 Å². The highest BCUT2D eigenvalue weighted by Crippen LogP contribution is 2.17. The number of hydrogen-bond acceptors (Lipinski definition) is 3. The molecule has 0 saturated heterocycles. The molecule has 5 heteroatoms. The zero-order valence-corrected chi connectivity index (χ0v) is 11.5. The summed E-state index contributed by atoms with van der Waals surface area (Å²) in [5.74, 6) is -0.698. The molecule has 0 aliphatic heterocycles. The fourth-order valence-corrected chi connectivity index (χ4v) is 1.77. The summed E-state index contributed by atoms with van der Waals surface area (Å²) in [5, 5.41) is 0.280. The van der Waals surface area contributed by atoms with Gasteiger partial charge in [0.05, 0.1) is 12.7 Å². The van der Waals surface area contributed by atoms with Crippen molar-refractivity contribution in [2.24, 2.45) is 0 Å². The van der Waals surface area contributed by atoms with Crippen LogP contribution in [0.4, 0.5) is 4.39 Å². The van der Waals surface area contributed by atoms with Gasteiger partial charge in [-0.25, -0.2) is 9.18 Å². The first-order valence-corrected chi connectivity index (χ1v) is 6.23. The molecule has 0 unspecified atom stereocenters. The molecule has 0 heterocycles. The van der Waals surface area contributed by atoms with Crippen molar-refractivity contribution < 1.29 is 18.7 Å². The topological polar surface area (TPSA) is 35.5 Å². The number of rotatable bonds is 4. The Hall–Kier alpha value is -2.07. The van der Waals surface area contributed by atoms with E-state index in [1.54, 1.807) is 31.4 Å². The lowest BCUT2D eigenvalue weighted by Gasteiger charge is -2.07. The van der Waals surface area contributed by atoms with Gasteiger partial charge in [-0.2, -0.15) is 0 Å². The highest BCUT2D eigenvalue weighted by atomic mass is 35.5. The van der Waals surface area contributed by atoms with Gasteiger partial charge in [0.25, 0.3) is 0 Å². The highest BCUT2D eigenvalue weighted by Gasteiger charge is 2.13. The maximum Gasteiger partial charge on any atom is 0.341 e. The van der Waals surface area contributed by atoms with Crippen LogP contribution >= 0.6 is 11.6 Å². The van der Waals surface area contributed by atoms with Crippen molar-refractivity contribution in [2.45, 2.75) is 6.61 Å². The summed E-state index contributed by atoms with van der Waals surface area (Å²) in [6, 6.07) is 10.8. The molecule has 0 amide bonds. The van der Waals surface area contributed by atoms with E-state index in [2.05, 4.69) is 0 Å². The molecule has 104 valence electrons. The largest absolute Gasteiger partial charge is 0.497 e. The molecule has 3 nitrogen and oxygen atoms in total. The van der Waals surface area contributed by atoms with Gasteiger partial charge < -0.3 is 9.47 Å². The van der Waals surface area contributed by atoms with Gasteiger partial charge in [0.15, 0.2) is 0 Å². The number of carbonyl (C=O) groups is 1. The van der Waals surface area contributed by atoms with Crippen LogP contribution in [0, 0.1) is 5.82 Å². The van der Waals surface area contributed by atoms with Crippen LogP contribution in [0.15, 0.2) is 42.5 Å². The second-order valence-electron chi connectivity index (χ2n) is 4.05. The molecule has 2 aromatic carbocycles. The number of hydrogen-bond donors (Lipinski definition) is 0. The van der Waals surface area contributed by atoms with Crippen LogP contribution < -0.4 is 4.74 Å². The number of carbonyl (C=O) groups excluding carboxylic acids is 1. The van der Waals surface area contributed by atoms with Gasteiger partial charge >= 0.3 is 5.97 Å². The second kappa shape index (κ2) is 6.39. The number of halogens is 2. The molecule has 0 spiro atoms. The lowest BCUT2D eigenvalue weighted by Crippen LogP contribution is -2.07. The molecular formula is C15H12ClFO3. The third kappa shape index (κ3) is 3.48. The monoisotopic (exact) mass is 294 g/mol. The van der Waals surface area contributed by atoms with E-state index in [1.807, 2.05) is 0 Å². The predicted molar refractivity (Wildman–Crippen MR) is 73.5 cm³/mol. The van der Waals surface area contributed by atoms with Crippen molar-refractivity contribution in [3.05, 3.63) is 64.4 Å². The molecule has 20 heavy (non-hydrogen) atoms. The first-order valence-electron chi connectivity index (χ1n) is 5.85. The SMILES string of the molecule is COc1ccc(COC(=O)c2cc(Cl)ccc2F)cc1. The van der Waals surface area contributed by atoms with Crippen molar-refractivity contribution >= 4 is 17.6 Å². The smallest absolute Gasteiger partial charge is 0.341 e. The Morgan fingerprint density at radius 2 is 1.90 bits per heavy atom. The van der Waals surface area contributed by atoms with E-state index in [0.29, 0.717) is 5.75 Å². The standard InChI is InChI=1S/C15H12ClFO3/c1-19-12-5-2-10(3-6-12)9-20-15(18)13-8-11(16)4-7-14(13)17/h2-8H,9H2,1H3. The Morgan fingerprint density at radius 3 is 2.55 bits per heavy atom. The van der Waals surface area contributed by atoms with Gasteiger partial charge in [-0.05, 0) is 35.9 Å². The summed E-state index contributed by atoms with van der Waals surface area (Å²) >= 11 is 5.72. The lowest BCUT2D eigenvalue weighted by atomic mass is 10.2. The molecule has 0 aliphatic carbocycles. The van der Waals surface area contributed by atoms with E-state index in [9.17, 15) is 9.18 Å². The summed E-state index contributed by atoms with van der Waals surface area (Å²) in [5.41, 5.74) is 0.604.